The van der Waals surface area contributed by atoms with Gasteiger partial charge in [0, 0.05) is 24.8 Å². The third-order valence-corrected chi connectivity index (χ3v) is 4.12. The van der Waals surface area contributed by atoms with Crippen LogP contribution in [0.1, 0.15) is 17.1 Å². The van der Waals surface area contributed by atoms with Gasteiger partial charge in [-0.05, 0) is 36.2 Å². The standard InChI is InChI=1S/C17H17N5O2/c1-23-14-4-2-12(3-5-14)17-20-16(21-24-17)10-22-7-6-13-8-18-11-19-15(13)9-22/h2-5,8,11H,6-7,9-10H2,1H3. The van der Waals surface area contributed by atoms with E-state index in [-0.39, 0.29) is 0 Å². The van der Waals surface area contributed by atoms with Crippen molar-refractivity contribution in [1.82, 2.24) is 25.0 Å². The first-order chi connectivity index (χ1) is 11.8. The van der Waals surface area contributed by atoms with Gasteiger partial charge in [-0.1, -0.05) is 5.16 Å². The van der Waals surface area contributed by atoms with E-state index < -0.39 is 0 Å². The van der Waals surface area contributed by atoms with E-state index in [1.54, 1.807) is 13.4 Å². The average Bonchev–Trinajstić information content (AvgIpc) is 3.10. The van der Waals surface area contributed by atoms with Gasteiger partial charge in [0.2, 0.25) is 0 Å². The maximum Gasteiger partial charge on any atom is 0.257 e. The van der Waals surface area contributed by atoms with Crippen molar-refractivity contribution in [2.45, 2.75) is 19.5 Å². The summed E-state index contributed by atoms with van der Waals surface area (Å²) in [7, 11) is 1.64. The van der Waals surface area contributed by atoms with Gasteiger partial charge in [-0.15, -0.1) is 0 Å². The molecule has 1 aliphatic heterocycles. The summed E-state index contributed by atoms with van der Waals surface area (Å²) in [6.45, 7) is 2.36. The Morgan fingerprint density at radius 2 is 2.12 bits per heavy atom. The minimum absolute atomic E-state index is 0.521. The van der Waals surface area contributed by atoms with E-state index in [9.17, 15) is 0 Å². The van der Waals surface area contributed by atoms with Crippen LogP contribution >= 0.6 is 0 Å². The van der Waals surface area contributed by atoms with Crippen LogP contribution in [-0.4, -0.2) is 38.7 Å². The molecule has 3 aromatic rings. The minimum Gasteiger partial charge on any atom is -0.497 e. The van der Waals surface area contributed by atoms with E-state index in [4.69, 9.17) is 9.26 Å². The number of ether oxygens (including phenoxy) is 1. The summed E-state index contributed by atoms with van der Waals surface area (Å²) < 4.78 is 10.5. The Morgan fingerprint density at radius 1 is 1.25 bits per heavy atom. The molecule has 0 atom stereocenters. The predicted molar refractivity (Wildman–Crippen MR) is 86.1 cm³/mol. The first kappa shape index (κ1) is 14.8. The lowest BCUT2D eigenvalue weighted by Crippen LogP contribution is -2.31. The summed E-state index contributed by atoms with van der Waals surface area (Å²) in [4.78, 5) is 15.2. The molecule has 24 heavy (non-hydrogen) atoms. The topological polar surface area (TPSA) is 77.2 Å². The lowest BCUT2D eigenvalue weighted by atomic mass is 10.1. The largest absolute Gasteiger partial charge is 0.497 e. The molecule has 1 aliphatic rings. The van der Waals surface area contributed by atoms with Gasteiger partial charge >= 0.3 is 0 Å². The number of hydrogen-bond donors (Lipinski definition) is 0. The zero-order chi connectivity index (χ0) is 16.4. The van der Waals surface area contributed by atoms with Crippen molar-refractivity contribution in [3.05, 3.63) is 53.9 Å². The molecular weight excluding hydrogens is 306 g/mol. The monoisotopic (exact) mass is 323 g/mol. The molecule has 0 fully saturated rings. The molecule has 1 aromatic carbocycles. The molecular formula is C17H17N5O2. The van der Waals surface area contributed by atoms with E-state index in [2.05, 4.69) is 25.0 Å². The Hall–Kier alpha value is -2.80. The fraction of sp³-hybridized carbons (Fsp3) is 0.294. The van der Waals surface area contributed by atoms with Gasteiger partial charge in [-0.2, -0.15) is 4.98 Å². The average molecular weight is 323 g/mol. The van der Waals surface area contributed by atoms with Gasteiger partial charge in [0.15, 0.2) is 5.82 Å². The fourth-order valence-corrected chi connectivity index (χ4v) is 2.81. The number of benzene rings is 1. The van der Waals surface area contributed by atoms with E-state index in [0.29, 0.717) is 18.3 Å². The van der Waals surface area contributed by atoms with Crippen molar-refractivity contribution in [1.29, 1.82) is 0 Å². The number of nitrogens with zero attached hydrogens (tertiary/aromatic N) is 5. The van der Waals surface area contributed by atoms with Gasteiger partial charge in [-0.3, -0.25) is 4.90 Å². The molecule has 0 bridgehead atoms. The molecule has 0 N–H and O–H groups in total. The highest BCUT2D eigenvalue weighted by molar-refractivity contribution is 5.54. The van der Waals surface area contributed by atoms with Crippen LogP contribution < -0.4 is 4.74 Å². The Bertz CT molecular complexity index is 831. The van der Waals surface area contributed by atoms with Crippen molar-refractivity contribution < 1.29 is 9.26 Å². The van der Waals surface area contributed by atoms with E-state index in [1.165, 1.54) is 5.56 Å². The predicted octanol–water partition coefficient (Wildman–Crippen LogP) is 2.09. The zero-order valence-electron chi connectivity index (χ0n) is 13.3. The van der Waals surface area contributed by atoms with E-state index in [0.717, 1.165) is 36.5 Å². The Morgan fingerprint density at radius 3 is 2.96 bits per heavy atom. The molecule has 4 rings (SSSR count). The van der Waals surface area contributed by atoms with Crippen LogP contribution in [-0.2, 0) is 19.5 Å². The molecule has 0 saturated heterocycles. The van der Waals surface area contributed by atoms with Crippen LogP contribution in [0.5, 0.6) is 5.75 Å². The molecule has 0 aliphatic carbocycles. The molecule has 0 saturated carbocycles. The van der Waals surface area contributed by atoms with E-state index in [1.807, 2.05) is 30.5 Å². The molecule has 0 radical (unpaired) electrons. The van der Waals surface area contributed by atoms with Crippen molar-refractivity contribution in [3.63, 3.8) is 0 Å². The molecule has 0 spiro atoms. The molecule has 7 heteroatoms. The molecule has 3 heterocycles. The Kier molecular flexibility index (Phi) is 3.92. The zero-order valence-corrected chi connectivity index (χ0v) is 13.3. The third kappa shape index (κ3) is 2.98. The van der Waals surface area contributed by atoms with Gasteiger partial charge in [0.25, 0.3) is 5.89 Å². The first-order valence-corrected chi connectivity index (χ1v) is 7.79. The lowest BCUT2D eigenvalue weighted by molar-refractivity contribution is 0.231. The SMILES string of the molecule is COc1ccc(-c2nc(CN3CCc4cncnc4C3)no2)cc1. The number of methoxy groups -OCH3 is 1. The second kappa shape index (κ2) is 6.37. The number of aromatic nitrogens is 4. The smallest absolute Gasteiger partial charge is 0.257 e. The minimum atomic E-state index is 0.521. The Balaban J connectivity index is 1.46. The van der Waals surface area contributed by atoms with E-state index >= 15 is 0 Å². The van der Waals surface area contributed by atoms with Gasteiger partial charge in [-0.25, -0.2) is 9.97 Å². The summed E-state index contributed by atoms with van der Waals surface area (Å²) in [6.07, 6.45) is 4.44. The van der Waals surface area contributed by atoms with Crippen LogP contribution in [0.25, 0.3) is 11.5 Å². The second-order valence-corrected chi connectivity index (χ2v) is 5.70. The lowest BCUT2D eigenvalue weighted by Gasteiger charge is -2.26. The maximum atomic E-state index is 5.38. The van der Waals surface area contributed by atoms with Gasteiger partial charge in [0.05, 0.1) is 19.3 Å². The van der Waals surface area contributed by atoms with Crippen LogP contribution in [0.3, 0.4) is 0 Å². The number of fused-ring (bicyclic) bond motifs is 1. The molecule has 7 nitrogen and oxygen atoms in total. The summed E-state index contributed by atoms with van der Waals surface area (Å²) >= 11 is 0. The van der Waals surface area contributed by atoms with Gasteiger partial charge < -0.3 is 9.26 Å². The second-order valence-electron chi connectivity index (χ2n) is 5.70. The Labute approximate surface area is 139 Å². The highest BCUT2D eigenvalue weighted by Gasteiger charge is 2.19. The highest BCUT2D eigenvalue weighted by Crippen LogP contribution is 2.22. The maximum absolute atomic E-state index is 5.38. The number of rotatable bonds is 4. The summed E-state index contributed by atoms with van der Waals surface area (Å²) in [5.41, 5.74) is 3.18. The van der Waals surface area contributed by atoms with Crippen LogP contribution in [0.2, 0.25) is 0 Å². The highest BCUT2D eigenvalue weighted by atomic mass is 16.5. The molecule has 122 valence electrons. The van der Waals surface area contributed by atoms with Crippen LogP contribution in [0.4, 0.5) is 0 Å². The molecule has 0 unspecified atom stereocenters. The van der Waals surface area contributed by atoms with Crippen molar-refractivity contribution in [2.24, 2.45) is 0 Å². The van der Waals surface area contributed by atoms with Crippen LogP contribution in [0.15, 0.2) is 41.3 Å². The van der Waals surface area contributed by atoms with Crippen molar-refractivity contribution in [2.75, 3.05) is 13.7 Å². The van der Waals surface area contributed by atoms with Crippen LogP contribution in [0, 0.1) is 0 Å². The summed E-state index contributed by atoms with van der Waals surface area (Å²) in [5.74, 6) is 2.00. The summed E-state index contributed by atoms with van der Waals surface area (Å²) in [5, 5.41) is 4.09. The summed E-state index contributed by atoms with van der Waals surface area (Å²) in [6, 6.07) is 7.56. The third-order valence-electron chi connectivity index (χ3n) is 4.12. The molecule has 2 aromatic heterocycles. The normalized spacial score (nSPS) is 14.4. The van der Waals surface area contributed by atoms with Gasteiger partial charge in [0.1, 0.15) is 12.1 Å². The number of hydrogen-bond acceptors (Lipinski definition) is 7. The van der Waals surface area contributed by atoms with Crippen molar-refractivity contribution in [3.8, 4) is 17.2 Å². The quantitative estimate of drug-likeness (QED) is 0.727. The van der Waals surface area contributed by atoms with Crippen molar-refractivity contribution >= 4 is 0 Å². The molecule has 0 amide bonds. The first-order valence-electron chi connectivity index (χ1n) is 7.79. The fourth-order valence-electron chi connectivity index (χ4n) is 2.81.